The SMILES string of the molecule is CCC(CO)N1CCN(C(=O)C(C)Cc2c(C)noc2C)CC1. The fraction of sp³-hybridized carbons (Fsp3) is 0.765. The van der Waals surface area contributed by atoms with Gasteiger partial charge in [0.2, 0.25) is 5.91 Å². The molecule has 0 spiro atoms. The Hall–Kier alpha value is -1.40. The van der Waals surface area contributed by atoms with Crippen LogP contribution in [0.2, 0.25) is 0 Å². The quantitative estimate of drug-likeness (QED) is 0.856. The van der Waals surface area contributed by atoms with Gasteiger partial charge in [0.05, 0.1) is 12.3 Å². The lowest BCUT2D eigenvalue weighted by atomic mass is 9.98. The van der Waals surface area contributed by atoms with Gasteiger partial charge in [0.25, 0.3) is 0 Å². The zero-order valence-electron chi connectivity index (χ0n) is 14.7. The number of nitrogens with zero attached hydrogens (tertiary/aromatic N) is 3. The predicted octanol–water partition coefficient (Wildman–Crippen LogP) is 1.39. The lowest BCUT2D eigenvalue weighted by Crippen LogP contribution is -2.53. The second-order valence-corrected chi connectivity index (χ2v) is 6.51. The van der Waals surface area contributed by atoms with E-state index in [0.29, 0.717) is 6.42 Å². The molecule has 2 heterocycles. The number of aliphatic hydroxyl groups excluding tert-OH is 1. The standard InChI is InChI=1S/C17H29N3O3/c1-5-15(11-21)19-6-8-20(9-7-19)17(22)12(2)10-16-13(3)18-23-14(16)4/h12,15,21H,5-11H2,1-4H3. The summed E-state index contributed by atoms with van der Waals surface area (Å²) in [6.07, 6.45) is 1.61. The minimum atomic E-state index is -0.0711. The zero-order valence-corrected chi connectivity index (χ0v) is 14.7. The van der Waals surface area contributed by atoms with E-state index in [1.165, 1.54) is 0 Å². The average molecular weight is 323 g/mol. The van der Waals surface area contributed by atoms with Gasteiger partial charge in [-0.05, 0) is 26.7 Å². The molecule has 1 saturated heterocycles. The van der Waals surface area contributed by atoms with Gasteiger partial charge in [0.15, 0.2) is 0 Å². The van der Waals surface area contributed by atoms with E-state index in [1.54, 1.807) is 0 Å². The van der Waals surface area contributed by atoms with E-state index in [0.717, 1.165) is 49.6 Å². The van der Waals surface area contributed by atoms with Gasteiger partial charge in [-0.2, -0.15) is 0 Å². The number of hydrogen-bond acceptors (Lipinski definition) is 5. The third kappa shape index (κ3) is 4.12. The number of aryl methyl sites for hydroxylation is 2. The van der Waals surface area contributed by atoms with Crippen molar-refractivity contribution in [3.63, 3.8) is 0 Å². The van der Waals surface area contributed by atoms with Crippen molar-refractivity contribution in [2.75, 3.05) is 32.8 Å². The van der Waals surface area contributed by atoms with Crippen molar-refractivity contribution < 1.29 is 14.4 Å². The van der Waals surface area contributed by atoms with Crippen LogP contribution in [0.25, 0.3) is 0 Å². The first-order chi connectivity index (χ1) is 11.0. The molecule has 1 aliphatic heterocycles. The molecule has 0 aliphatic carbocycles. The number of aromatic nitrogens is 1. The Kier molecular flexibility index (Phi) is 6.18. The summed E-state index contributed by atoms with van der Waals surface area (Å²) < 4.78 is 5.18. The first-order valence-corrected chi connectivity index (χ1v) is 8.53. The summed E-state index contributed by atoms with van der Waals surface area (Å²) in [5.74, 6) is 0.931. The topological polar surface area (TPSA) is 69.8 Å². The highest BCUT2D eigenvalue weighted by atomic mass is 16.5. The van der Waals surface area contributed by atoms with E-state index in [4.69, 9.17) is 4.52 Å². The van der Waals surface area contributed by atoms with E-state index in [9.17, 15) is 9.90 Å². The molecule has 2 unspecified atom stereocenters. The first-order valence-electron chi connectivity index (χ1n) is 8.53. The van der Waals surface area contributed by atoms with Gasteiger partial charge in [0.1, 0.15) is 5.76 Å². The van der Waals surface area contributed by atoms with Crippen LogP contribution in [-0.4, -0.2) is 64.8 Å². The van der Waals surface area contributed by atoms with Crippen molar-refractivity contribution in [3.05, 3.63) is 17.0 Å². The summed E-state index contributed by atoms with van der Waals surface area (Å²) in [5.41, 5.74) is 1.93. The van der Waals surface area contributed by atoms with Gasteiger partial charge >= 0.3 is 0 Å². The highest BCUT2D eigenvalue weighted by molar-refractivity contribution is 5.79. The van der Waals surface area contributed by atoms with E-state index < -0.39 is 0 Å². The molecule has 23 heavy (non-hydrogen) atoms. The van der Waals surface area contributed by atoms with E-state index in [1.807, 2.05) is 25.7 Å². The van der Waals surface area contributed by atoms with Crippen LogP contribution < -0.4 is 0 Å². The Balaban J connectivity index is 1.89. The molecule has 1 N–H and O–H groups in total. The Labute approximate surface area is 138 Å². The Morgan fingerprint density at radius 3 is 2.43 bits per heavy atom. The molecule has 0 bridgehead atoms. The van der Waals surface area contributed by atoms with Gasteiger partial charge in [-0.1, -0.05) is 19.0 Å². The second-order valence-electron chi connectivity index (χ2n) is 6.51. The Morgan fingerprint density at radius 1 is 1.30 bits per heavy atom. The molecular weight excluding hydrogens is 294 g/mol. The fourth-order valence-electron chi connectivity index (χ4n) is 3.31. The van der Waals surface area contributed by atoms with Crippen molar-refractivity contribution in [2.45, 2.75) is 46.6 Å². The van der Waals surface area contributed by atoms with Gasteiger partial charge in [-0.15, -0.1) is 0 Å². The smallest absolute Gasteiger partial charge is 0.225 e. The second kappa shape index (κ2) is 7.93. The normalized spacial score (nSPS) is 18.9. The van der Waals surface area contributed by atoms with Crippen molar-refractivity contribution >= 4 is 5.91 Å². The lowest BCUT2D eigenvalue weighted by Gasteiger charge is -2.39. The van der Waals surface area contributed by atoms with Crippen LogP contribution in [0.1, 0.15) is 37.3 Å². The van der Waals surface area contributed by atoms with Crippen molar-refractivity contribution in [2.24, 2.45) is 5.92 Å². The third-order valence-corrected chi connectivity index (χ3v) is 4.94. The van der Waals surface area contributed by atoms with Crippen LogP contribution in [0.15, 0.2) is 4.52 Å². The van der Waals surface area contributed by atoms with Gasteiger partial charge in [-0.3, -0.25) is 9.69 Å². The molecule has 1 amide bonds. The molecule has 0 radical (unpaired) electrons. The van der Waals surface area contributed by atoms with Gasteiger partial charge < -0.3 is 14.5 Å². The van der Waals surface area contributed by atoms with Crippen LogP contribution in [0.4, 0.5) is 0 Å². The third-order valence-electron chi connectivity index (χ3n) is 4.94. The summed E-state index contributed by atoms with van der Waals surface area (Å²) in [6.45, 7) is 11.2. The molecule has 0 aromatic carbocycles. The zero-order chi connectivity index (χ0) is 17.0. The van der Waals surface area contributed by atoms with E-state index >= 15 is 0 Å². The number of rotatable bonds is 6. The van der Waals surface area contributed by atoms with Crippen LogP contribution >= 0.6 is 0 Å². The van der Waals surface area contributed by atoms with Gasteiger partial charge in [-0.25, -0.2) is 0 Å². The first kappa shape index (κ1) is 17.9. The van der Waals surface area contributed by atoms with E-state index in [2.05, 4.69) is 17.0 Å². The Bertz CT molecular complexity index is 498. The molecule has 2 rings (SSSR count). The van der Waals surface area contributed by atoms with Crippen molar-refractivity contribution in [1.29, 1.82) is 0 Å². The molecule has 1 fully saturated rings. The number of carbonyl (C=O) groups is 1. The number of aliphatic hydroxyl groups is 1. The van der Waals surface area contributed by atoms with Crippen LogP contribution in [0.5, 0.6) is 0 Å². The molecule has 2 atom stereocenters. The van der Waals surface area contributed by atoms with E-state index in [-0.39, 0.29) is 24.5 Å². The number of amides is 1. The average Bonchev–Trinajstić information content (AvgIpc) is 2.88. The highest BCUT2D eigenvalue weighted by Gasteiger charge is 2.28. The fourth-order valence-corrected chi connectivity index (χ4v) is 3.31. The molecule has 0 saturated carbocycles. The maximum Gasteiger partial charge on any atom is 0.225 e. The monoisotopic (exact) mass is 323 g/mol. The molecule has 6 nitrogen and oxygen atoms in total. The molecule has 130 valence electrons. The van der Waals surface area contributed by atoms with Crippen molar-refractivity contribution in [3.8, 4) is 0 Å². The molecule has 1 aliphatic rings. The summed E-state index contributed by atoms with van der Waals surface area (Å²) in [4.78, 5) is 16.9. The predicted molar refractivity (Wildman–Crippen MR) is 88.2 cm³/mol. The number of piperazine rings is 1. The highest BCUT2D eigenvalue weighted by Crippen LogP contribution is 2.19. The summed E-state index contributed by atoms with van der Waals surface area (Å²) in [5, 5.41) is 13.4. The minimum Gasteiger partial charge on any atom is -0.395 e. The minimum absolute atomic E-state index is 0.0711. The maximum absolute atomic E-state index is 12.7. The van der Waals surface area contributed by atoms with Crippen molar-refractivity contribution in [1.82, 2.24) is 15.0 Å². The maximum atomic E-state index is 12.7. The largest absolute Gasteiger partial charge is 0.395 e. The summed E-state index contributed by atoms with van der Waals surface area (Å²) in [7, 11) is 0. The number of carbonyl (C=O) groups excluding carboxylic acids is 1. The number of hydrogen-bond donors (Lipinski definition) is 1. The van der Waals surface area contributed by atoms with Gasteiger partial charge in [0, 0.05) is 43.7 Å². The molecule has 1 aromatic heterocycles. The molecular formula is C17H29N3O3. The summed E-state index contributed by atoms with van der Waals surface area (Å²) >= 11 is 0. The Morgan fingerprint density at radius 2 is 1.96 bits per heavy atom. The van der Waals surface area contributed by atoms with Crippen LogP contribution in [0.3, 0.4) is 0 Å². The van der Waals surface area contributed by atoms with Crippen LogP contribution in [0, 0.1) is 19.8 Å². The lowest BCUT2D eigenvalue weighted by molar-refractivity contribution is -0.137. The summed E-state index contributed by atoms with van der Waals surface area (Å²) in [6, 6.07) is 0.215. The molecule has 1 aromatic rings. The molecule has 6 heteroatoms. The van der Waals surface area contributed by atoms with Crippen LogP contribution in [-0.2, 0) is 11.2 Å².